The molecule has 0 aliphatic rings. The molecule has 28 heavy (non-hydrogen) atoms. The van der Waals surface area contributed by atoms with Gasteiger partial charge in [0.1, 0.15) is 24.7 Å². The van der Waals surface area contributed by atoms with Gasteiger partial charge in [0.2, 0.25) is 0 Å². The van der Waals surface area contributed by atoms with Crippen molar-refractivity contribution in [3.8, 4) is 22.6 Å². The highest BCUT2D eigenvalue weighted by Crippen LogP contribution is 2.24. The molecule has 0 amide bonds. The molecule has 0 bridgehead atoms. The van der Waals surface area contributed by atoms with Crippen LogP contribution in [0.1, 0.15) is 0 Å². The van der Waals surface area contributed by atoms with Crippen molar-refractivity contribution in [3.05, 3.63) is 73.3 Å². The number of methoxy groups -OCH3 is 1. The molecule has 0 heterocycles. The van der Waals surface area contributed by atoms with Gasteiger partial charge in [-0.25, -0.2) is 9.59 Å². The van der Waals surface area contributed by atoms with E-state index in [9.17, 15) is 9.59 Å². The van der Waals surface area contributed by atoms with Crippen molar-refractivity contribution in [2.24, 2.45) is 0 Å². The highest BCUT2D eigenvalue weighted by Gasteiger charge is 2.08. The number of benzene rings is 2. The molecule has 6 nitrogen and oxygen atoms in total. The first-order valence-electron chi connectivity index (χ1n) is 8.55. The first kappa shape index (κ1) is 20.9. The minimum Gasteiger partial charge on any atom is -0.490 e. The first-order valence-corrected chi connectivity index (χ1v) is 8.55. The Balaban J connectivity index is 1.83. The van der Waals surface area contributed by atoms with E-state index in [4.69, 9.17) is 18.9 Å². The van der Waals surface area contributed by atoms with E-state index in [1.165, 1.54) is 7.11 Å². The van der Waals surface area contributed by atoms with E-state index in [1.54, 1.807) is 12.1 Å². The average molecular weight is 382 g/mol. The molecule has 0 spiro atoms. The van der Waals surface area contributed by atoms with Crippen LogP contribution in [0.4, 0.5) is 0 Å². The number of rotatable bonds is 10. The van der Waals surface area contributed by atoms with E-state index in [1.807, 2.05) is 36.4 Å². The molecule has 0 saturated carbocycles. The minimum atomic E-state index is -0.497. The first-order chi connectivity index (χ1) is 13.5. The average Bonchev–Trinajstić information content (AvgIpc) is 2.72. The summed E-state index contributed by atoms with van der Waals surface area (Å²) in [6.07, 6.45) is 1.11. The molecular weight excluding hydrogens is 360 g/mol. The van der Waals surface area contributed by atoms with Gasteiger partial charge in [-0.15, -0.1) is 0 Å². The van der Waals surface area contributed by atoms with Gasteiger partial charge in [-0.05, 0) is 35.4 Å². The zero-order valence-electron chi connectivity index (χ0n) is 15.7. The van der Waals surface area contributed by atoms with Crippen LogP contribution in [0.5, 0.6) is 11.5 Å². The van der Waals surface area contributed by atoms with Crippen LogP contribution in [-0.4, -0.2) is 38.9 Å². The van der Waals surface area contributed by atoms with E-state index in [2.05, 4.69) is 13.2 Å². The van der Waals surface area contributed by atoms with Crippen LogP contribution >= 0.6 is 0 Å². The topological polar surface area (TPSA) is 71.1 Å². The summed E-state index contributed by atoms with van der Waals surface area (Å²) in [5.74, 6) is 0.120. The van der Waals surface area contributed by atoms with Crippen molar-refractivity contribution in [1.29, 1.82) is 0 Å². The number of ether oxygens (including phenoxy) is 4. The molecule has 6 heteroatoms. The Morgan fingerprint density at radius 3 is 2.04 bits per heavy atom. The Bertz CT molecular complexity index is 821. The van der Waals surface area contributed by atoms with Crippen molar-refractivity contribution < 1.29 is 28.5 Å². The third-order valence-electron chi connectivity index (χ3n) is 3.62. The maximum Gasteiger partial charge on any atom is 0.335 e. The molecule has 0 atom stereocenters. The van der Waals surface area contributed by atoms with Gasteiger partial charge in [0.15, 0.2) is 0 Å². The second kappa shape index (κ2) is 10.7. The summed E-state index contributed by atoms with van der Waals surface area (Å²) in [6.45, 7) is 7.42. The summed E-state index contributed by atoms with van der Waals surface area (Å²) in [4.78, 5) is 22.7. The molecule has 0 fully saturated rings. The molecular formula is C22H22O6. The smallest absolute Gasteiger partial charge is 0.335 e. The third-order valence-corrected chi connectivity index (χ3v) is 3.62. The fourth-order valence-corrected chi connectivity index (χ4v) is 2.25. The van der Waals surface area contributed by atoms with Crippen LogP contribution in [-0.2, 0) is 19.1 Å². The molecule has 0 saturated heterocycles. The predicted molar refractivity (Wildman–Crippen MR) is 105 cm³/mol. The summed E-state index contributed by atoms with van der Waals surface area (Å²) >= 11 is 0. The van der Waals surface area contributed by atoms with E-state index >= 15 is 0 Å². The van der Waals surface area contributed by atoms with E-state index in [-0.39, 0.29) is 25.4 Å². The van der Waals surface area contributed by atoms with Gasteiger partial charge in [0.05, 0.1) is 12.2 Å². The predicted octanol–water partition coefficient (Wildman–Crippen LogP) is 3.57. The van der Waals surface area contributed by atoms with Gasteiger partial charge >= 0.3 is 11.9 Å². The Labute approximate surface area is 164 Å². The molecule has 2 aromatic carbocycles. The van der Waals surface area contributed by atoms with Crippen molar-refractivity contribution in [3.63, 3.8) is 0 Å². The Morgan fingerprint density at radius 1 is 0.929 bits per heavy atom. The van der Waals surface area contributed by atoms with Crippen LogP contribution in [0, 0.1) is 0 Å². The second-order valence-electron chi connectivity index (χ2n) is 5.69. The van der Waals surface area contributed by atoms with Crippen LogP contribution in [0.25, 0.3) is 11.1 Å². The number of esters is 2. The standard InChI is InChI=1S/C22H22O6/c1-4-21(23)28-20-11-7-18(8-12-20)17-5-9-19(10-6-17)26-13-14-27-22(24)16(2)15-25-3/h4-12H,1-2,13-15H2,3H3. The third kappa shape index (κ3) is 6.41. The fourth-order valence-electron chi connectivity index (χ4n) is 2.25. The van der Waals surface area contributed by atoms with Crippen molar-refractivity contribution in [2.75, 3.05) is 26.9 Å². The second-order valence-corrected chi connectivity index (χ2v) is 5.69. The molecule has 0 aliphatic heterocycles. The van der Waals surface area contributed by atoms with Crippen LogP contribution in [0.2, 0.25) is 0 Å². The maximum absolute atomic E-state index is 11.6. The lowest BCUT2D eigenvalue weighted by atomic mass is 10.1. The number of carbonyl (C=O) groups is 2. The summed E-state index contributed by atoms with van der Waals surface area (Å²) in [5.41, 5.74) is 2.21. The monoisotopic (exact) mass is 382 g/mol. The highest BCUT2D eigenvalue weighted by atomic mass is 16.6. The Kier molecular flexibility index (Phi) is 7.99. The number of hydrogen-bond donors (Lipinski definition) is 0. The van der Waals surface area contributed by atoms with Gasteiger partial charge < -0.3 is 18.9 Å². The molecule has 0 aromatic heterocycles. The Hall–Kier alpha value is -3.38. The van der Waals surface area contributed by atoms with Crippen LogP contribution < -0.4 is 9.47 Å². The zero-order chi connectivity index (χ0) is 20.4. The van der Waals surface area contributed by atoms with Gasteiger partial charge in [0.25, 0.3) is 0 Å². The molecule has 0 radical (unpaired) electrons. The van der Waals surface area contributed by atoms with E-state index < -0.39 is 11.9 Å². The van der Waals surface area contributed by atoms with Gasteiger partial charge in [0, 0.05) is 13.2 Å². The Morgan fingerprint density at radius 2 is 1.50 bits per heavy atom. The summed E-state index contributed by atoms with van der Waals surface area (Å²) in [6, 6.07) is 14.6. The lowest BCUT2D eigenvalue weighted by molar-refractivity contribution is -0.140. The van der Waals surface area contributed by atoms with Gasteiger partial charge in [-0.3, -0.25) is 0 Å². The molecule has 0 unspecified atom stereocenters. The summed E-state index contributed by atoms with van der Waals surface area (Å²) < 4.78 is 20.5. The van der Waals surface area contributed by atoms with E-state index in [0.29, 0.717) is 11.5 Å². The molecule has 2 aromatic rings. The molecule has 0 aliphatic carbocycles. The minimum absolute atomic E-state index is 0.119. The molecule has 146 valence electrons. The number of hydrogen-bond acceptors (Lipinski definition) is 6. The SMILES string of the molecule is C=CC(=O)Oc1ccc(-c2ccc(OCCOC(=O)C(=C)COC)cc2)cc1. The van der Waals surface area contributed by atoms with Crippen LogP contribution in [0.15, 0.2) is 73.3 Å². The highest BCUT2D eigenvalue weighted by molar-refractivity contribution is 5.88. The lowest BCUT2D eigenvalue weighted by Crippen LogP contribution is -2.15. The summed E-state index contributed by atoms with van der Waals surface area (Å²) in [5, 5.41) is 0. The normalized spacial score (nSPS) is 10.0. The maximum atomic E-state index is 11.6. The van der Waals surface area contributed by atoms with Crippen molar-refractivity contribution in [1.82, 2.24) is 0 Å². The van der Waals surface area contributed by atoms with Crippen LogP contribution in [0.3, 0.4) is 0 Å². The number of carbonyl (C=O) groups excluding carboxylic acids is 2. The summed E-state index contributed by atoms with van der Waals surface area (Å²) in [7, 11) is 1.48. The largest absolute Gasteiger partial charge is 0.490 e. The van der Waals surface area contributed by atoms with Gasteiger partial charge in [-0.1, -0.05) is 37.4 Å². The molecule has 0 N–H and O–H groups in total. The quantitative estimate of drug-likeness (QED) is 0.271. The lowest BCUT2D eigenvalue weighted by Gasteiger charge is -2.09. The van der Waals surface area contributed by atoms with Crippen molar-refractivity contribution >= 4 is 11.9 Å². The fraction of sp³-hybridized carbons (Fsp3) is 0.182. The molecule has 2 rings (SSSR count). The van der Waals surface area contributed by atoms with E-state index in [0.717, 1.165) is 17.2 Å². The van der Waals surface area contributed by atoms with Crippen molar-refractivity contribution in [2.45, 2.75) is 0 Å². The zero-order valence-corrected chi connectivity index (χ0v) is 15.7. The van der Waals surface area contributed by atoms with Gasteiger partial charge in [-0.2, -0.15) is 0 Å².